The van der Waals surface area contributed by atoms with E-state index in [0.717, 1.165) is 17.9 Å². The lowest BCUT2D eigenvalue weighted by molar-refractivity contribution is 0.120. The van der Waals surface area contributed by atoms with E-state index in [-0.39, 0.29) is 0 Å². The molecule has 3 atom stereocenters. The van der Waals surface area contributed by atoms with Gasteiger partial charge < -0.3 is 10.2 Å². The number of hydrogen-bond acceptors (Lipinski definition) is 2. The smallest absolute Gasteiger partial charge is 0.00671 e. The van der Waals surface area contributed by atoms with Gasteiger partial charge in [-0.25, -0.2) is 0 Å². The van der Waals surface area contributed by atoms with E-state index in [9.17, 15) is 0 Å². The van der Waals surface area contributed by atoms with Crippen molar-refractivity contribution in [1.82, 2.24) is 10.2 Å². The molecule has 2 fully saturated rings. The second-order valence-electron chi connectivity index (χ2n) is 6.38. The quantitative estimate of drug-likeness (QED) is 0.810. The van der Waals surface area contributed by atoms with E-state index in [0.29, 0.717) is 0 Å². The van der Waals surface area contributed by atoms with Gasteiger partial charge in [0, 0.05) is 12.6 Å². The Bertz CT molecular complexity index is 211. The first-order valence-electron chi connectivity index (χ1n) is 7.70. The van der Waals surface area contributed by atoms with Gasteiger partial charge >= 0.3 is 0 Å². The minimum atomic E-state index is 0.829. The third-order valence-electron chi connectivity index (χ3n) is 4.70. The highest BCUT2D eigenvalue weighted by Crippen LogP contribution is 2.22. The maximum Gasteiger partial charge on any atom is 0.00671 e. The molecule has 0 spiro atoms. The molecule has 2 aliphatic heterocycles. The molecule has 0 aromatic heterocycles. The summed E-state index contributed by atoms with van der Waals surface area (Å²) in [5.41, 5.74) is 0. The maximum atomic E-state index is 3.53. The van der Waals surface area contributed by atoms with E-state index in [1.807, 2.05) is 0 Å². The third kappa shape index (κ3) is 4.26. The SMILES string of the molecule is CC1CCC(C)N(CCCC2CCCNC2)C1. The fourth-order valence-electron chi connectivity index (χ4n) is 3.44. The van der Waals surface area contributed by atoms with Gasteiger partial charge in [-0.15, -0.1) is 0 Å². The first-order chi connectivity index (χ1) is 8.25. The third-order valence-corrected chi connectivity index (χ3v) is 4.70. The van der Waals surface area contributed by atoms with Crippen molar-refractivity contribution >= 4 is 0 Å². The second-order valence-corrected chi connectivity index (χ2v) is 6.38. The van der Waals surface area contributed by atoms with Gasteiger partial charge in [0.15, 0.2) is 0 Å². The van der Waals surface area contributed by atoms with Crippen LogP contribution in [-0.4, -0.2) is 37.1 Å². The highest BCUT2D eigenvalue weighted by atomic mass is 15.2. The van der Waals surface area contributed by atoms with Gasteiger partial charge in [0.1, 0.15) is 0 Å². The number of rotatable bonds is 4. The highest BCUT2D eigenvalue weighted by molar-refractivity contribution is 4.77. The first-order valence-corrected chi connectivity index (χ1v) is 7.70. The zero-order valence-electron chi connectivity index (χ0n) is 11.8. The van der Waals surface area contributed by atoms with Crippen LogP contribution in [-0.2, 0) is 0 Å². The Morgan fingerprint density at radius 3 is 2.82 bits per heavy atom. The summed E-state index contributed by atoms with van der Waals surface area (Å²) >= 11 is 0. The van der Waals surface area contributed by atoms with Crippen LogP contribution >= 0.6 is 0 Å². The zero-order chi connectivity index (χ0) is 12.1. The Labute approximate surface area is 107 Å². The number of nitrogens with zero attached hydrogens (tertiary/aromatic N) is 1. The van der Waals surface area contributed by atoms with Crippen molar-refractivity contribution < 1.29 is 0 Å². The fraction of sp³-hybridized carbons (Fsp3) is 1.00. The minimum absolute atomic E-state index is 0.829. The van der Waals surface area contributed by atoms with E-state index < -0.39 is 0 Å². The van der Waals surface area contributed by atoms with Crippen molar-refractivity contribution in [2.24, 2.45) is 11.8 Å². The van der Waals surface area contributed by atoms with Crippen LogP contribution in [0.1, 0.15) is 52.4 Å². The predicted octanol–water partition coefficient (Wildman–Crippen LogP) is 2.89. The van der Waals surface area contributed by atoms with Gasteiger partial charge in [0.25, 0.3) is 0 Å². The van der Waals surface area contributed by atoms with Crippen molar-refractivity contribution in [3.05, 3.63) is 0 Å². The summed E-state index contributed by atoms with van der Waals surface area (Å²) in [6.07, 6.45) is 8.53. The molecule has 2 heteroatoms. The van der Waals surface area contributed by atoms with Crippen LogP contribution in [0.25, 0.3) is 0 Å². The molecule has 0 aromatic rings. The van der Waals surface area contributed by atoms with Crippen LogP contribution < -0.4 is 5.32 Å². The number of likely N-dealkylation sites (tertiary alicyclic amines) is 1. The van der Waals surface area contributed by atoms with Gasteiger partial charge in [-0.1, -0.05) is 6.92 Å². The molecule has 2 nitrogen and oxygen atoms in total. The van der Waals surface area contributed by atoms with Gasteiger partial charge in [-0.05, 0) is 76.9 Å². The highest BCUT2D eigenvalue weighted by Gasteiger charge is 2.22. The largest absolute Gasteiger partial charge is 0.316 e. The monoisotopic (exact) mass is 238 g/mol. The number of hydrogen-bond donors (Lipinski definition) is 1. The molecule has 100 valence electrons. The molecule has 0 aromatic carbocycles. The molecular formula is C15H30N2. The minimum Gasteiger partial charge on any atom is -0.316 e. The van der Waals surface area contributed by atoms with Crippen molar-refractivity contribution in [3.8, 4) is 0 Å². The molecule has 0 radical (unpaired) electrons. The van der Waals surface area contributed by atoms with Crippen molar-refractivity contribution in [2.45, 2.75) is 58.4 Å². The van der Waals surface area contributed by atoms with Crippen LogP contribution in [0.15, 0.2) is 0 Å². The first kappa shape index (κ1) is 13.4. The molecule has 2 saturated heterocycles. The molecule has 0 bridgehead atoms. The van der Waals surface area contributed by atoms with Crippen LogP contribution in [0.5, 0.6) is 0 Å². The van der Waals surface area contributed by atoms with Crippen LogP contribution in [0.3, 0.4) is 0 Å². The molecule has 0 amide bonds. The average Bonchev–Trinajstić information content (AvgIpc) is 2.35. The van der Waals surface area contributed by atoms with E-state index in [1.54, 1.807) is 0 Å². The normalized spacial score (nSPS) is 36.0. The molecule has 3 unspecified atom stereocenters. The fourth-order valence-corrected chi connectivity index (χ4v) is 3.44. The maximum absolute atomic E-state index is 3.53. The van der Waals surface area contributed by atoms with Gasteiger partial charge in [0.2, 0.25) is 0 Å². The lowest BCUT2D eigenvalue weighted by atomic mass is 9.92. The van der Waals surface area contributed by atoms with Gasteiger partial charge in [-0.2, -0.15) is 0 Å². The Balaban J connectivity index is 1.63. The van der Waals surface area contributed by atoms with Crippen LogP contribution in [0.2, 0.25) is 0 Å². The van der Waals surface area contributed by atoms with Crippen LogP contribution in [0, 0.1) is 11.8 Å². The van der Waals surface area contributed by atoms with Gasteiger partial charge in [-0.3, -0.25) is 0 Å². The molecule has 2 aliphatic rings. The summed E-state index contributed by atoms with van der Waals surface area (Å²) in [7, 11) is 0. The summed E-state index contributed by atoms with van der Waals surface area (Å²) in [5.74, 6) is 1.88. The van der Waals surface area contributed by atoms with E-state index >= 15 is 0 Å². The van der Waals surface area contributed by atoms with Crippen molar-refractivity contribution in [1.29, 1.82) is 0 Å². The summed E-state index contributed by atoms with van der Waals surface area (Å²) in [6.45, 7) is 10.0. The summed E-state index contributed by atoms with van der Waals surface area (Å²) in [4.78, 5) is 2.73. The lowest BCUT2D eigenvalue weighted by Crippen LogP contribution is -2.41. The standard InChI is InChI=1S/C15H30N2/c1-13-7-8-14(2)17(12-13)10-4-6-15-5-3-9-16-11-15/h13-16H,3-12H2,1-2H3. The van der Waals surface area contributed by atoms with E-state index in [2.05, 4.69) is 24.1 Å². The molecule has 1 N–H and O–H groups in total. The predicted molar refractivity (Wildman–Crippen MR) is 74.3 cm³/mol. The topological polar surface area (TPSA) is 15.3 Å². The Morgan fingerprint density at radius 2 is 2.06 bits per heavy atom. The Kier molecular flexibility index (Phi) is 5.30. The second kappa shape index (κ2) is 6.75. The summed E-state index contributed by atoms with van der Waals surface area (Å²) in [6, 6.07) is 0.829. The van der Waals surface area contributed by atoms with E-state index in [4.69, 9.17) is 0 Å². The molecule has 0 saturated carbocycles. The molecule has 2 heterocycles. The van der Waals surface area contributed by atoms with Crippen molar-refractivity contribution in [3.63, 3.8) is 0 Å². The zero-order valence-corrected chi connectivity index (χ0v) is 11.8. The number of piperidine rings is 2. The average molecular weight is 238 g/mol. The summed E-state index contributed by atoms with van der Waals surface area (Å²) in [5, 5.41) is 3.53. The van der Waals surface area contributed by atoms with Crippen LogP contribution in [0.4, 0.5) is 0 Å². The molecule has 2 rings (SSSR count). The molecule has 0 aliphatic carbocycles. The molecular weight excluding hydrogens is 208 g/mol. The van der Waals surface area contributed by atoms with E-state index in [1.165, 1.54) is 64.7 Å². The summed E-state index contributed by atoms with van der Waals surface area (Å²) < 4.78 is 0. The molecule has 17 heavy (non-hydrogen) atoms. The van der Waals surface area contributed by atoms with Crippen molar-refractivity contribution in [2.75, 3.05) is 26.2 Å². The Hall–Kier alpha value is -0.0800. The lowest BCUT2D eigenvalue weighted by Gasteiger charge is -2.37. The number of nitrogens with one attached hydrogen (secondary N) is 1. The van der Waals surface area contributed by atoms with Gasteiger partial charge in [0.05, 0.1) is 0 Å². The Morgan fingerprint density at radius 1 is 1.18 bits per heavy atom.